The summed E-state index contributed by atoms with van der Waals surface area (Å²) >= 11 is 5.91. The lowest BCUT2D eigenvalue weighted by atomic mass is 9.78. The van der Waals surface area contributed by atoms with Crippen LogP contribution in [-0.2, 0) is 10.2 Å². The van der Waals surface area contributed by atoms with E-state index in [1.165, 1.54) is 18.2 Å². The number of carbonyl (C=O) groups is 1. The Morgan fingerprint density at radius 3 is 2.50 bits per heavy atom. The Balaban J connectivity index is 2.61. The van der Waals surface area contributed by atoms with Crippen molar-refractivity contribution < 1.29 is 14.3 Å². The van der Waals surface area contributed by atoms with Crippen molar-refractivity contribution in [3.63, 3.8) is 0 Å². The van der Waals surface area contributed by atoms with Crippen LogP contribution in [0.1, 0.15) is 18.4 Å². The van der Waals surface area contributed by atoms with Crippen LogP contribution >= 0.6 is 11.6 Å². The zero-order valence-electron chi connectivity index (χ0n) is 8.41. The summed E-state index contributed by atoms with van der Waals surface area (Å²) in [5, 5.41) is 9.47. The highest BCUT2D eigenvalue weighted by Crippen LogP contribution is 2.42. The zero-order valence-corrected chi connectivity index (χ0v) is 9.17. The third-order valence-corrected chi connectivity index (χ3v) is 3.26. The summed E-state index contributed by atoms with van der Waals surface area (Å²) in [5.41, 5.74) is -1.14. The Hall–Kier alpha value is -1.35. The normalized spacial score (nSPS) is 17.6. The molecule has 1 aromatic carbocycles. The fraction of sp³-hybridized carbons (Fsp3) is 0.250. The highest BCUT2D eigenvalue weighted by molar-refractivity contribution is 6.31. The molecule has 1 aliphatic rings. The molecule has 1 aliphatic carbocycles. The van der Waals surface area contributed by atoms with E-state index in [1.54, 1.807) is 12.2 Å². The second-order valence-corrected chi connectivity index (χ2v) is 4.27. The van der Waals surface area contributed by atoms with E-state index in [2.05, 4.69) is 0 Å². The number of hydrogen-bond acceptors (Lipinski definition) is 1. The van der Waals surface area contributed by atoms with Crippen molar-refractivity contribution >= 4 is 17.6 Å². The molecule has 1 aromatic rings. The van der Waals surface area contributed by atoms with Crippen LogP contribution in [0.15, 0.2) is 30.4 Å². The van der Waals surface area contributed by atoms with Gasteiger partial charge < -0.3 is 5.11 Å². The lowest BCUT2D eigenvalue weighted by Crippen LogP contribution is -2.34. The van der Waals surface area contributed by atoms with Crippen LogP contribution in [0.2, 0.25) is 5.02 Å². The molecule has 4 heteroatoms. The highest BCUT2D eigenvalue weighted by Gasteiger charge is 2.44. The van der Waals surface area contributed by atoms with Crippen molar-refractivity contribution in [2.24, 2.45) is 0 Å². The van der Waals surface area contributed by atoms with Crippen LogP contribution in [-0.4, -0.2) is 11.1 Å². The smallest absolute Gasteiger partial charge is 0.314 e. The summed E-state index contributed by atoms with van der Waals surface area (Å²) in [6, 6.07) is 4.23. The van der Waals surface area contributed by atoms with Crippen molar-refractivity contribution in [1.82, 2.24) is 0 Å². The monoisotopic (exact) mass is 240 g/mol. The second-order valence-electron chi connectivity index (χ2n) is 3.86. The predicted molar refractivity (Wildman–Crippen MR) is 59.1 cm³/mol. The van der Waals surface area contributed by atoms with Crippen molar-refractivity contribution in [3.05, 3.63) is 46.8 Å². The molecular weight excluding hydrogens is 231 g/mol. The average molecular weight is 241 g/mol. The third-order valence-electron chi connectivity index (χ3n) is 2.95. The number of hydrogen-bond donors (Lipinski definition) is 1. The van der Waals surface area contributed by atoms with Gasteiger partial charge in [0.15, 0.2) is 0 Å². The van der Waals surface area contributed by atoms with E-state index in [9.17, 15) is 14.3 Å². The summed E-state index contributed by atoms with van der Waals surface area (Å²) in [5.74, 6) is -1.59. The standard InChI is InChI=1S/C12H10ClFO2/c13-8-4-3-5-9(14)10(8)12(11(15)16)6-1-2-7-12/h1-5H,6-7H2,(H,15,16). The van der Waals surface area contributed by atoms with Crippen molar-refractivity contribution in [2.45, 2.75) is 18.3 Å². The first-order chi connectivity index (χ1) is 7.58. The van der Waals surface area contributed by atoms with Gasteiger partial charge in [-0.05, 0) is 25.0 Å². The minimum atomic E-state index is -1.23. The molecule has 0 atom stereocenters. The van der Waals surface area contributed by atoms with Gasteiger partial charge in [-0.2, -0.15) is 0 Å². The Bertz CT molecular complexity index is 440. The molecule has 0 amide bonds. The van der Waals surface area contributed by atoms with Gasteiger partial charge in [-0.15, -0.1) is 0 Å². The Morgan fingerprint density at radius 1 is 1.38 bits per heavy atom. The largest absolute Gasteiger partial charge is 0.481 e. The fourth-order valence-corrected chi connectivity index (χ4v) is 2.44. The lowest BCUT2D eigenvalue weighted by Gasteiger charge is -2.25. The van der Waals surface area contributed by atoms with E-state index in [1.807, 2.05) is 0 Å². The van der Waals surface area contributed by atoms with Crippen LogP contribution in [0, 0.1) is 5.82 Å². The van der Waals surface area contributed by atoms with Crippen LogP contribution < -0.4 is 0 Å². The molecule has 0 spiro atoms. The lowest BCUT2D eigenvalue weighted by molar-refractivity contribution is -0.143. The van der Waals surface area contributed by atoms with E-state index >= 15 is 0 Å². The topological polar surface area (TPSA) is 37.3 Å². The number of aliphatic carboxylic acids is 1. The van der Waals surface area contributed by atoms with E-state index in [4.69, 9.17) is 11.6 Å². The second kappa shape index (κ2) is 3.91. The first-order valence-electron chi connectivity index (χ1n) is 4.91. The SMILES string of the molecule is O=C(O)C1(c2c(F)cccc2Cl)CC=CC1. The highest BCUT2D eigenvalue weighted by atomic mass is 35.5. The summed E-state index contributed by atoms with van der Waals surface area (Å²) in [6.07, 6.45) is 4.06. The van der Waals surface area contributed by atoms with Gasteiger partial charge in [-0.1, -0.05) is 29.8 Å². The Morgan fingerprint density at radius 2 is 2.00 bits per heavy atom. The average Bonchev–Trinajstić information content (AvgIpc) is 2.67. The summed E-state index contributed by atoms with van der Waals surface area (Å²) < 4.78 is 13.7. The van der Waals surface area contributed by atoms with E-state index in [-0.39, 0.29) is 23.4 Å². The van der Waals surface area contributed by atoms with E-state index < -0.39 is 17.2 Å². The van der Waals surface area contributed by atoms with E-state index in [0.29, 0.717) is 0 Å². The van der Waals surface area contributed by atoms with Crippen molar-refractivity contribution in [1.29, 1.82) is 0 Å². The molecular formula is C12H10ClFO2. The number of halogens is 2. The number of carboxylic acids is 1. The minimum absolute atomic E-state index is 0.0918. The van der Waals surface area contributed by atoms with Gasteiger partial charge in [0.2, 0.25) is 0 Å². The predicted octanol–water partition coefficient (Wildman–Crippen LogP) is 3.15. The first kappa shape index (κ1) is 11.1. The Labute approximate surface area is 97.4 Å². The van der Waals surface area contributed by atoms with Gasteiger partial charge in [-0.3, -0.25) is 4.79 Å². The maximum absolute atomic E-state index is 13.7. The fourth-order valence-electron chi connectivity index (χ4n) is 2.09. The van der Waals surface area contributed by atoms with Crippen LogP contribution in [0.5, 0.6) is 0 Å². The van der Waals surface area contributed by atoms with Crippen molar-refractivity contribution in [2.75, 3.05) is 0 Å². The van der Waals surface area contributed by atoms with E-state index in [0.717, 1.165) is 0 Å². The maximum Gasteiger partial charge on any atom is 0.314 e. The summed E-state index contributed by atoms with van der Waals surface area (Å²) in [7, 11) is 0. The number of carboxylic acid groups (broad SMARTS) is 1. The van der Waals surface area contributed by atoms with Crippen molar-refractivity contribution in [3.8, 4) is 0 Å². The molecule has 0 radical (unpaired) electrons. The third kappa shape index (κ3) is 1.52. The molecule has 0 saturated carbocycles. The maximum atomic E-state index is 13.7. The van der Waals surface area contributed by atoms with Crippen LogP contribution in [0.25, 0.3) is 0 Å². The molecule has 0 heterocycles. The minimum Gasteiger partial charge on any atom is -0.481 e. The summed E-state index contributed by atoms with van der Waals surface area (Å²) in [6.45, 7) is 0. The van der Waals surface area contributed by atoms with Crippen LogP contribution in [0.4, 0.5) is 4.39 Å². The Kier molecular flexibility index (Phi) is 2.72. The van der Waals surface area contributed by atoms with Gasteiger partial charge in [0.25, 0.3) is 0 Å². The summed E-state index contributed by atoms with van der Waals surface area (Å²) in [4.78, 5) is 11.4. The molecule has 2 rings (SSSR count). The van der Waals surface area contributed by atoms with Gasteiger partial charge in [-0.25, -0.2) is 4.39 Å². The number of rotatable bonds is 2. The molecule has 0 saturated heterocycles. The molecule has 16 heavy (non-hydrogen) atoms. The molecule has 0 bridgehead atoms. The zero-order chi connectivity index (χ0) is 11.8. The molecule has 84 valence electrons. The quantitative estimate of drug-likeness (QED) is 0.807. The van der Waals surface area contributed by atoms with Gasteiger partial charge in [0.05, 0.1) is 0 Å². The molecule has 0 aromatic heterocycles. The molecule has 0 aliphatic heterocycles. The van der Waals surface area contributed by atoms with Gasteiger partial charge >= 0.3 is 5.97 Å². The molecule has 0 unspecified atom stereocenters. The van der Waals surface area contributed by atoms with Gasteiger partial charge in [0, 0.05) is 10.6 Å². The van der Waals surface area contributed by atoms with Gasteiger partial charge in [0.1, 0.15) is 11.2 Å². The molecule has 2 nitrogen and oxygen atoms in total. The van der Waals surface area contributed by atoms with Crippen LogP contribution in [0.3, 0.4) is 0 Å². The molecule has 1 N–H and O–H groups in total. The molecule has 0 fully saturated rings. The first-order valence-corrected chi connectivity index (χ1v) is 5.28. The number of benzene rings is 1. The number of allylic oxidation sites excluding steroid dienone is 2.